The Balaban J connectivity index is 1.19. The number of nitrogens with zero attached hydrogens (tertiary/aromatic N) is 5. The summed E-state index contributed by atoms with van der Waals surface area (Å²) in [6.07, 6.45) is 0. The van der Waals surface area contributed by atoms with Gasteiger partial charge in [0.15, 0.2) is 17.5 Å². The zero-order chi connectivity index (χ0) is 33.9. The molecule has 0 aliphatic rings. The summed E-state index contributed by atoms with van der Waals surface area (Å²) in [5, 5.41) is 18.8. The number of para-hydroxylation sites is 2. The van der Waals surface area contributed by atoms with Gasteiger partial charge in [-0.1, -0.05) is 121 Å². The van der Waals surface area contributed by atoms with Gasteiger partial charge < -0.3 is 4.57 Å². The van der Waals surface area contributed by atoms with Crippen LogP contribution in [0.4, 0.5) is 0 Å². The SMILES string of the molecule is N#Cc1ccc2c3ccccc3c3cc(-c4nc(-c5ccccc5)nc(-c5cccc(-n6c7ccccc7c7ccccc76)c5)n4)ccc3c2c1. The zero-order valence-corrected chi connectivity index (χ0v) is 27.3. The van der Waals surface area contributed by atoms with Crippen LogP contribution in [0.15, 0.2) is 164 Å². The fourth-order valence-electron chi connectivity index (χ4n) is 7.50. The van der Waals surface area contributed by atoms with Crippen molar-refractivity contribution in [1.29, 1.82) is 5.26 Å². The summed E-state index contributed by atoms with van der Waals surface area (Å²) in [7, 11) is 0. The van der Waals surface area contributed by atoms with Gasteiger partial charge in [0.25, 0.3) is 0 Å². The highest BCUT2D eigenvalue weighted by Crippen LogP contribution is 2.38. The normalized spacial score (nSPS) is 11.5. The van der Waals surface area contributed by atoms with Gasteiger partial charge in [0.1, 0.15) is 0 Å². The first-order chi connectivity index (χ1) is 25.2. The first-order valence-electron chi connectivity index (χ1n) is 16.9. The first kappa shape index (κ1) is 28.8. The largest absolute Gasteiger partial charge is 0.309 e. The Labute approximate surface area is 293 Å². The number of nitriles is 1. The van der Waals surface area contributed by atoms with Crippen molar-refractivity contribution in [3.8, 4) is 45.9 Å². The molecule has 0 aliphatic carbocycles. The lowest BCUT2D eigenvalue weighted by Crippen LogP contribution is -2.01. The van der Waals surface area contributed by atoms with Crippen LogP contribution in [0.25, 0.3) is 94.0 Å². The van der Waals surface area contributed by atoms with E-state index < -0.39 is 0 Å². The second-order valence-electron chi connectivity index (χ2n) is 12.8. The maximum Gasteiger partial charge on any atom is 0.164 e. The highest BCUT2D eigenvalue weighted by atomic mass is 15.0. The first-order valence-corrected chi connectivity index (χ1v) is 16.9. The molecule has 0 bridgehead atoms. The van der Waals surface area contributed by atoms with Gasteiger partial charge in [0.2, 0.25) is 0 Å². The van der Waals surface area contributed by atoms with E-state index in [1.54, 1.807) is 0 Å². The summed E-state index contributed by atoms with van der Waals surface area (Å²) < 4.78 is 2.31. The van der Waals surface area contributed by atoms with Gasteiger partial charge >= 0.3 is 0 Å². The number of hydrogen-bond donors (Lipinski definition) is 0. The molecule has 0 saturated heterocycles. The monoisotopic (exact) mass is 649 g/mol. The molecule has 10 rings (SSSR count). The molecule has 51 heavy (non-hydrogen) atoms. The molecule has 0 radical (unpaired) electrons. The number of benzene rings is 8. The molecule has 0 unspecified atom stereocenters. The maximum absolute atomic E-state index is 9.71. The quantitative estimate of drug-likeness (QED) is 0.178. The van der Waals surface area contributed by atoms with Crippen LogP contribution in [0, 0.1) is 11.3 Å². The molecule has 0 N–H and O–H groups in total. The van der Waals surface area contributed by atoms with Crippen molar-refractivity contribution in [2.24, 2.45) is 0 Å². The van der Waals surface area contributed by atoms with Gasteiger partial charge in [-0.05, 0) is 74.8 Å². The van der Waals surface area contributed by atoms with Crippen LogP contribution < -0.4 is 0 Å². The van der Waals surface area contributed by atoms with E-state index in [0.717, 1.165) is 65.7 Å². The van der Waals surface area contributed by atoms with Crippen molar-refractivity contribution in [2.45, 2.75) is 0 Å². The Morgan fingerprint density at radius 2 is 0.863 bits per heavy atom. The van der Waals surface area contributed by atoms with Crippen molar-refractivity contribution in [3.63, 3.8) is 0 Å². The van der Waals surface area contributed by atoms with Crippen molar-refractivity contribution >= 4 is 54.1 Å². The minimum absolute atomic E-state index is 0.595. The summed E-state index contributed by atoms with van der Waals surface area (Å²) in [6.45, 7) is 0. The van der Waals surface area contributed by atoms with Crippen molar-refractivity contribution < 1.29 is 0 Å². The van der Waals surface area contributed by atoms with Crippen LogP contribution in [0.3, 0.4) is 0 Å². The molecular weight excluding hydrogens is 623 g/mol. The molecule has 10 aromatic rings. The van der Waals surface area contributed by atoms with Gasteiger partial charge in [0, 0.05) is 33.2 Å². The number of rotatable bonds is 4. The summed E-state index contributed by atoms with van der Waals surface area (Å²) in [6, 6.07) is 58.7. The van der Waals surface area contributed by atoms with Crippen LogP contribution in [0.5, 0.6) is 0 Å². The third-order valence-corrected chi connectivity index (χ3v) is 9.83. The van der Waals surface area contributed by atoms with E-state index in [2.05, 4.69) is 132 Å². The van der Waals surface area contributed by atoms with E-state index in [9.17, 15) is 5.26 Å². The fraction of sp³-hybridized carbons (Fsp3) is 0. The van der Waals surface area contributed by atoms with Gasteiger partial charge in [0.05, 0.1) is 22.7 Å². The third kappa shape index (κ3) is 4.66. The van der Waals surface area contributed by atoms with Gasteiger partial charge in [-0.25, -0.2) is 15.0 Å². The van der Waals surface area contributed by atoms with Crippen LogP contribution in [-0.2, 0) is 0 Å². The highest BCUT2D eigenvalue weighted by Gasteiger charge is 2.17. The second-order valence-corrected chi connectivity index (χ2v) is 12.8. The summed E-state index contributed by atoms with van der Waals surface area (Å²) in [5.41, 5.74) is 6.68. The molecule has 0 spiro atoms. The van der Waals surface area contributed by atoms with Crippen LogP contribution in [0.2, 0.25) is 0 Å². The lowest BCUT2D eigenvalue weighted by Gasteiger charge is -2.13. The second kappa shape index (κ2) is 11.5. The van der Waals surface area contributed by atoms with E-state index >= 15 is 0 Å². The fourth-order valence-corrected chi connectivity index (χ4v) is 7.50. The molecule has 8 aromatic carbocycles. The minimum atomic E-state index is 0.595. The predicted molar refractivity (Wildman–Crippen MR) is 208 cm³/mol. The number of aromatic nitrogens is 4. The molecular formula is C46H27N5. The van der Waals surface area contributed by atoms with Crippen molar-refractivity contribution in [2.75, 3.05) is 0 Å². The van der Waals surface area contributed by atoms with Gasteiger partial charge in [-0.3, -0.25) is 0 Å². The molecule has 0 aliphatic heterocycles. The van der Waals surface area contributed by atoms with Crippen molar-refractivity contribution in [1.82, 2.24) is 19.5 Å². The Morgan fingerprint density at radius 1 is 0.373 bits per heavy atom. The number of fused-ring (bicyclic) bond motifs is 9. The molecule has 0 amide bonds. The van der Waals surface area contributed by atoms with E-state index in [-0.39, 0.29) is 0 Å². The zero-order valence-electron chi connectivity index (χ0n) is 27.3. The average Bonchev–Trinajstić information content (AvgIpc) is 3.55. The smallest absolute Gasteiger partial charge is 0.164 e. The van der Waals surface area contributed by atoms with Crippen LogP contribution >= 0.6 is 0 Å². The minimum Gasteiger partial charge on any atom is -0.309 e. The molecule has 5 nitrogen and oxygen atoms in total. The molecule has 2 aromatic heterocycles. The number of hydrogen-bond acceptors (Lipinski definition) is 4. The predicted octanol–water partition coefficient (Wildman–Crippen LogP) is 11.3. The van der Waals surface area contributed by atoms with E-state index in [1.165, 1.54) is 10.8 Å². The van der Waals surface area contributed by atoms with Gasteiger partial charge in [-0.15, -0.1) is 0 Å². The summed E-state index contributed by atoms with van der Waals surface area (Å²) >= 11 is 0. The molecule has 5 heteroatoms. The Kier molecular flexibility index (Phi) is 6.48. The Bertz CT molecular complexity index is 2990. The van der Waals surface area contributed by atoms with Crippen LogP contribution in [-0.4, -0.2) is 19.5 Å². The van der Waals surface area contributed by atoms with Crippen LogP contribution in [0.1, 0.15) is 5.56 Å². The Morgan fingerprint density at radius 3 is 1.55 bits per heavy atom. The lowest BCUT2D eigenvalue weighted by atomic mass is 9.92. The maximum atomic E-state index is 9.71. The van der Waals surface area contributed by atoms with Crippen molar-refractivity contribution in [3.05, 3.63) is 169 Å². The Hall–Kier alpha value is -7.16. The molecule has 2 heterocycles. The third-order valence-electron chi connectivity index (χ3n) is 9.83. The van der Waals surface area contributed by atoms with Gasteiger partial charge in [-0.2, -0.15) is 5.26 Å². The molecule has 0 fully saturated rings. The molecule has 0 atom stereocenters. The molecule has 0 saturated carbocycles. The standard InChI is InChI=1S/C46H27N5/c47-28-29-21-23-36-34-15-4-5-16-35(34)41-27-32(22-24-37(41)40(36)25-29)46-49-44(30-11-2-1-3-12-30)48-45(50-46)31-13-10-14-33(26-31)51-42-19-8-6-17-38(42)39-18-7-9-20-43(39)51/h1-27H. The van der Waals surface area contributed by atoms with E-state index in [0.29, 0.717) is 23.0 Å². The highest BCUT2D eigenvalue weighted by molar-refractivity contribution is 6.26. The molecule has 236 valence electrons. The lowest BCUT2D eigenvalue weighted by molar-refractivity contribution is 1.07. The topological polar surface area (TPSA) is 67.4 Å². The summed E-state index contributed by atoms with van der Waals surface area (Å²) in [4.78, 5) is 15.3. The average molecular weight is 650 g/mol. The van der Waals surface area contributed by atoms with E-state index in [1.807, 2.05) is 42.5 Å². The summed E-state index contributed by atoms with van der Waals surface area (Å²) in [5.74, 6) is 1.81. The van der Waals surface area contributed by atoms with E-state index in [4.69, 9.17) is 15.0 Å².